The van der Waals surface area contributed by atoms with Crippen LogP contribution in [0.3, 0.4) is 0 Å². The summed E-state index contributed by atoms with van der Waals surface area (Å²) < 4.78 is 13.2. The van der Waals surface area contributed by atoms with Gasteiger partial charge in [-0.15, -0.1) is 0 Å². The highest BCUT2D eigenvalue weighted by atomic mass is 19.1. The van der Waals surface area contributed by atoms with E-state index in [2.05, 4.69) is 5.32 Å². The van der Waals surface area contributed by atoms with Crippen molar-refractivity contribution in [2.24, 2.45) is 0 Å². The minimum Gasteiger partial charge on any atom is -0.362 e. The molecule has 0 bridgehead atoms. The van der Waals surface area contributed by atoms with Gasteiger partial charge >= 0.3 is 0 Å². The van der Waals surface area contributed by atoms with Gasteiger partial charge in [0, 0.05) is 34.9 Å². The van der Waals surface area contributed by atoms with Crippen molar-refractivity contribution in [2.75, 3.05) is 0 Å². The van der Waals surface area contributed by atoms with Crippen molar-refractivity contribution in [2.45, 2.75) is 39.0 Å². The van der Waals surface area contributed by atoms with Crippen LogP contribution in [0.5, 0.6) is 0 Å². The summed E-state index contributed by atoms with van der Waals surface area (Å²) >= 11 is 0. The topological polar surface area (TPSA) is 46.2 Å². The summed E-state index contributed by atoms with van der Waals surface area (Å²) in [5, 5.41) is 3.23. The largest absolute Gasteiger partial charge is 0.362 e. The van der Waals surface area contributed by atoms with E-state index >= 15 is 0 Å². The molecule has 0 amide bonds. The van der Waals surface area contributed by atoms with Gasteiger partial charge in [0.05, 0.1) is 0 Å². The van der Waals surface area contributed by atoms with Gasteiger partial charge in [0.2, 0.25) is 0 Å². The number of hydrogen-bond donors (Lipinski definition) is 1. The highest BCUT2D eigenvalue weighted by Gasteiger charge is 2.37. The van der Waals surface area contributed by atoms with Gasteiger partial charge in [0.15, 0.2) is 11.6 Å². The van der Waals surface area contributed by atoms with E-state index in [-0.39, 0.29) is 23.3 Å². The van der Waals surface area contributed by atoms with Gasteiger partial charge in [-0.05, 0) is 44.4 Å². The Balaban J connectivity index is 2.19. The van der Waals surface area contributed by atoms with Gasteiger partial charge in [-0.25, -0.2) is 4.39 Å². The van der Waals surface area contributed by atoms with Crippen molar-refractivity contribution in [3.63, 3.8) is 0 Å². The van der Waals surface area contributed by atoms with Crippen molar-refractivity contribution in [3.05, 3.63) is 58.2 Å². The number of halogens is 1. The first-order valence-corrected chi connectivity index (χ1v) is 7.49. The van der Waals surface area contributed by atoms with E-state index in [0.29, 0.717) is 17.6 Å². The zero-order valence-corrected chi connectivity index (χ0v) is 12.7. The Hall–Kier alpha value is -2.23. The monoisotopic (exact) mass is 299 g/mol. The van der Waals surface area contributed by atoms with Crippen molar-refractivity contribution in [1.29, 1.82) is 0 Å². The number of ketones is 2. The summed E-state index contributed by atoms with van der Waals surface area (Å²) in [6, 6.07) is 6.07. The van der Waals surface area contributed by atoms with Crippen LogP contribution in [0.1, 0.15) is 44.6 Å². The summed E-state index contributed by atoms with van der Waals surface area (Å²) in [6.07, 6.45) is 2.13. The molecule has 1 unspecified atom stereocenters. The molecule has 1 aliphatic heterocycles. The molecule has 0 radical (unpaired) electrons. The van der Waals surface area contributed by atoms with Gasteiger partial charge < -0.3 is 5.32 Å². The second kappa shape index (κ2) is 5.52. The number of benzene rings is 1. The van der Waals surface area contributed by atoms with E-state index in [1.54, 1.807) is 12.1 Å². The average molecular weight is 299 g/mol. The zero-order valence-electron chi connectivity index (χ0n) is 12.7. The fraction of sp³-hybridized carbons (Fsp3) is 0.333. The number of allylic oxidation sites excluding steroid dienone is 4. The number of dihydropyridines is 1. The van der Waals surface area contributed by atoms with Crippen LogP contribution in [0, 0.1) is 5.82 Å². The maximum absolute atomic E-state index is 13.2. The third kappa shape index (κ3) is 2.39. The quantitative estimate of drug-likeness (QED) is 0.910. The van der Waals surface area contributed by atoms with Crippen LogP contribution in [0.25, 0.3) is 0 Å². The van der Waals surface area contributed by atoms with E-state index in [1.165, 1.54) is 19.1 Å². The molecule has 2 aliphatic rings. The van der Waals surface area contributed by atoms with Crippen LogP contribution in [-0.4, -0.2) is 11.6 Å². The van der Waals surface area contributed by atoms with Crippen molar-refractivity contribution < 1.29 is 14.0 Å². The van der Waals surface area contributed by atoms with Gasteiger partial charge in [-0.1, -0.05) is 12.1 Å². The van der Waals surface area contributed by atoms with Crippen molar-refractivity contribution in [1.82, 2.24) is 5.32 Å². The Morgan fingerprint density at radius 1 is 1.23 bits per heavy atom. The van der Waals surface area contributed by atoms with E-state index in [9.17, 15) is 14.0 Å². The second-order valence-electron chi connectivity index (χ2n) is 5.87. The van der Waals surface area contributed by atoms with Crippen LogP contribution >= 0.6 is 0 Å². The van der Waals surface area contributed by atoms with Crippen molar-refractivity contribution >= 4 is 11.6 Å². The first-order valence-electron chi connectivity index (χ1n) is 7.49. The van der Waals surface area contributed by atoms with E-state index < -0.39 is 0 Å². The molecule has 4 heteroatoms. The summed E-state index contributed by atoms with van der Waals surface area (Å²) in [4.78, 5) is 24.6. The normalized spacial score (nSPS) is 21.6. The zero-order chi connectivity index (χ0) is 15.9. The standard InChI is InChI=1S/C18H18FNO2/c1-10-16(11(2)21)17(12-6-8-13(19)9-7-12)18-14(20-10)4-3-5-15(18)22/h6-9,17,20H,3-5H2,1-2H3. The molecule has 1 aromatic rings. The summed E-state index contributed by atoms with van der Waals surface area (Å²) in [7, 11) is 0. The molecule has 114 valence electrons. The maximum Gasteiger partial charge on any atom is 0.161 e. The number of Topliss-reactive ketones (excluding diaryl/α,β-unsaturated/α-hetero) is 2. The summed E-state index contributed by atoms with van der Waals surface area (Å²) in [5.74, 6) is -0.701. The Labute approximate surface area is 128 Å². The lowest BCUT2D eigenvalue weighted by molar-refractivity contribution is -0.116. The second-order valence-corrected chi connectivity index (χ2v) is 5.87. The number of carbonyl (C=O) groups is 2. The molecule has 3 nitrogen and oxygen atoms in total. The van der Waals surface area contributed by atoms with Crippen LogP contribution in [0.4, 0.5) is 4.39 Å². The molecule has 3 rings (SSSR count). The molecular formula is C18H18FNO2. The smallest absolute Gasteiger partial charge is 0.161 e. The van der Waals surface area contributed by atoms with Gasteiger partial charge in [-0.3, -0.25) is 9.59 Å². The minimum absolute atomic E-state index is 0.0655. The molecule has 0 aromatic heterocycles. The SMILES string of the molecule is CC(=O)C1=C(C)NC2=C(C(=O)CCC2)C1c1ccc(F)cc1. The Morgan fingerprint density at radius 2 is 1.91 bits per heavy atom. The highest BCUT2D eigenvalue weighted by Crippen LogP contribution is 2.42. The van der Waals surface area contributed by atoms with E-state index in [4.69, 9.17) is 0 Å². The molecule has 1 atom stereocenters. The number of hydrogen-bond acceptors (Lipinski definition) is 3. The van der Waals surface area contributed by atoms with Gasteiger partial charge in [0.1, 0.15) is 5.82 Å². The first-order chi connectivity index (χ1) is 10.5. The third-order valence-electron chi connectivity index (χ3n) is 4.36. The lowest BCUT2D eigenvalue weighted by Crippen LogP contribution is -2.33. The highest BCUT2D eigenvalue weighted by molar-refractivity contribution is 6.05. The molecule has 0 saturated carbocycles. The van der Waals surface area contributed by atoms with E-state index in [1.807, 2.05) is 6.92 Å². The minimum atomic E-state index is -0.387. The molecule has 0 fully saturated rings. The van der Waals surface area contributed by atoms with Gasteiger partial charge in [0.25, 0.3) is 0 Å². The molecule has 1 aromatic carbocycles. The number of nitrogens with one attached hydrogen (secondary N) is 1. The lowest BCUT2D eigenvalue weighted by atomic mass is 9.74. The van der Waals surface area contributed by atoms with Crippen LogP contribution in [-0.2, 0) is 9.59 Å². The average Bonchev–Trinajstić information content (AvgIpc) is 2.46. The molecule has 0 saturated heterocycles. The predicted octanol–water partition coefficient (Wildman–Crippen LogP) is 3.38. The molecule has 0 spiro atoms. The van der Waals surface area contributed by atoms with Crippen molar-refractivity contribution in [3.8, 4) is 0 Å². The first kappa shape index (κ1) is 14.7. The molecular weight excluding hydrogens is 281 g/mol. The molecule has 1 aliphatic carbocycles. The number of carbonyl (C=O) groups excluding carboxylic acids is 2. The maximum atomic E-state index is 13.2. The fourth-order valence-electron chi connectivity index (χ4n) is 3.44. The van der Waals surface area contributed by atoms with Gasteiger partial charge in [-0.2, -0.15) is 0 Å². The molecule has 1 heterocycles. The lowest BCUT2D eigenvalue weighted by Gasteiger charge is -2.34. The summed E-state index contributed by atoms with van der Waals surface area (Å²) in [5.41, 5.74) is 3.76. The molecule has 22 heavy (non-hydrogen) atoms. The van der Waals surface area contributed by atoms with Crippen LogP contribution in [0.15, 0.2) is 46.8 Å². The Kier molecular flexibility index (Phi) is 3.69. The van der Waals surface area contributed by atoms with Crippen LogP contribution in [0.2, 0.25) is 0 Å². The molecule has 1 N–H and O–H groups in total. The van der Waals surface area contributed by atoms with E-state index in [0.717, 1.165) is 29.8 Å². The predicted molar refractivity (Wildman–Crippen MR) is 81.5 cm³/mol. The van der Waals surface area contributed by atoms with Crippen LogP contribution < -0.4 is 5.32 Å². The Bertz CT molecular complexity index is 713. The number of rotatable bonds is 2. The summed E-state index contributed by atoms with van der Waals surface area (Å²) in [6.45, 7) is 3.37. The third-order valence-corrected chi connectivity index (χ3v) is 4.36. The Morgan fingerprint density at radius 3 is 2.55 bits per heavy atom. The fourth-order valence-corrected chi connectivity index (χ4v) is 3.44.